The van der Waals surface area contributed by atoms with Crippen molar-refractivity contribution >= 4 is 28.6 Å². The molecule has 1 heterocycles. The minimum Gasteiger partial charge on any atom is -0.493 e. The number of hydrogen-bond donors (Lipinski definition) is 2. The fourth-order valence-electron chi connectivity index (χ4n) is 1.46. The second-order valence-corrected chi connectivity index (χ2v) is 5.32. The highest BCUT2D eigenvalue weighted by atomic mass is 33.1. The van der Waals surface area contributed by atoms with Crippen molar-refractivity contribution in [2.24, 2.45) is 0 Å². The molecule has 0 saturated carbocycles. The summed E-state index contributed by atoms with van der Waals surface area (Å²) in [7, 11) is 1.40. The molecule has 0 fully saturated rings. The van der Waals surface area contributed by atoms with Crippen LogP contribution in [-0.2, 0) is 0 Å². The van der Waals surface area contributed by atoms with Crippen LogP contribution in [0.2, 0.25) is 0 Å². The lowest BCUT2D eigenvalue weighted by Gasteiger charge is -2.22. The topological polar surface area (TPSA) is 62.7 Å². The standard InChI is InChI=1S/C12H18N2O3S2/c1-9(2)14(19-18)6-3-7-17-11-4-5-13-8-10(11)12(15)16/h4-5,8-9,18H,3,6-7H2,1-2H3,(H,15,16). The molecule has 0 spiro atoms. The van der Waals surface area contributed by atoms with Crippen molar-refractivity contribution in [3.8, 4) is 5.75 Å². The number of pyridine rings is 1. The average Bonchev–Trinajstić information content (AvgIpc) is 2.38. The molecule has 0 aromatic carbocycles. The van der Waals surface area contributed by atoms with Gasteiger partial charge in [-0.2, -0.15) is 0 Å². The number of hydrogen-bond acceptors (Lipinski definition) is 6. The zero-order valence-corrected chi connectivity index (χ0v) is 12.7. The van der Waals surface area contributed by atoms with E-state index in [1.54, 1.807) is 6.07 Å². The predicted octanol–water partition coefficient (Wildman–Crippen LogP) is 2.75. The number of aromatic nitrogens is 1. The van der Waals surface area contributed by atoms with Crippen molar-refractivity contribution in [1.29, 1.82) is 0 Å². The van der Waals surface area contributed by atoms with Gasteiger partial charge in [-0.15, -0.1) is 0 Å². The van der Waals surface area contributed by atoms with Crippen molar-refractivity contribution in [3.63, 3.8) is 0 Å². The molecule has 1 N–H and O–H groups in total. The Morgan fingerprint density at radius 3 is 2.95 bits per heavy atom. The number of ether oxygens (including phenoxy) is 1. The molecule has 0 aliphatic heterocycles. The molecule has 0 saturated heterocycles. The van der Waals surface area contributed by atoms with Gasteiger partial charge < -0.3 is 9.84 Å². The van der Waals surface area contributed by atoms with Crippen LogP contribution in [-0.4, -0.2) is 39.6 Å². The van der Waals surface area contributed by atoms with Crippen molar-refractivity contribution in [2.75, 3.05) is 13.2 Å². The molecule has 0 bridgehead atoms. The van der Waals surface area contributed by atoms with Crippen LogP contribution in [0.3, 0.4) is 0 Å². The zero-order chi connectivity index (χ0) is 14.3. The summed E-state index contributed by atoms with van der Waals surface area (Å²) in [4.78, 5) is 14.7. The van der Waals surface area contributed by atoms with Gasteiger partial charge in [-0.3, -0.25) is 4.98 Å². The fourth-order valence-corrected chi connectivity index (χ4v) is 2.67. The molecule has 5 nitrogen and oxygen atoms in total. The van der Waals surface area contributed by atoms with Crippen LogP contribution in [0.25, 0.3) is 0 Å². The second kappa shape index (κ2) is 8.29. The monoisotopic (exact) mass is 302 g/mol. The van der Waals surface area contributed by atoms with E-state index < -0.39 is 5.97 Å². The molecule has 1 aromatic rings. The molecule has 1 rings (SSSR count). The Kier molecular flexibility index (Phi) is 7.04. The Hall–Kier alpha value is -0.920. The maximum absolute atomic E-state index is 11.0. The number of carbonyl (C=O) groups is 1. The molecular weight excluding hydrogens is 284 g/mol. The highest BCUT2D eigenvalue weighted by Crippen LogP contribution is 2.19. The number of aromatic carboxylic acids is 1. The Labute approximate surface area is 122 Å². The maximum Gasteiger partial charge on any atom is 0.341 e. The van der Waals surface area contributed by atoms with E-state index in [-0.39, 0.29) is 5.56 Å². The van der Waals surface area contributed by atoms with Crippen LogP contribution in [0, 0.1) is 0 Å². The summed E-state index contributed by atoms with van der Waals surface area (Å²) in [5, 5.41) is 8.98. The molecule has 0 amide bonds. The van der Waals surface area contributed by atoms with Gasteiger partial charge in [0.25, 0.3) is 0 Å². The van der Waals surface area contributed by atoms with Crippen LogP contribution >= 0.6 is 22.6 Å². The third-order valence-electron chi connectivity index (χ3n) is 2.47. The Morgan fingerprint density at radius 2 is 2.37 bits per heavy atom. The molecule has 19 heavy (non-hydrogen) atoms. The number of carboxylic acid groups (broad SMARTS) is 1. The second-order valence-electron chi connectivity index (χ2n) is 4.20. The first-order valence-corrected chi connectivity index (χ1v) is 7.77. The Morgan fingerprint density at radius 1 is 1.63 bits per heavy atom. The van der Waals surface area contributed by atoms with E-state index in [9.17, 15) is 4.79 Å². The van der Waals surface area contributed by atoms with Crippen LogP contribution < -0.4 is 4.74 Å². The van der Waals surface area contributed by atoms with Crippen molar-refractivity contribution < 1.29 is 14.6 Å². The summed E-state index contributed by atoms with van der Waals surface area (Å²) in [6.45, 7) is 5.48. The number of carboxylic acids is 1. The zero-order valence-electron chi connectivity index (χ0n) is 10.9. The van der Waals surface area contributed by atoms with E-state index in [2.05, 4.69) is 34.8 Å². The summed E-state index contributed by atoms with van der Waals surface area (Å²) < 4.78 is 7.61. The van der Waals surface area contributed by atoms with Crippen molar-refractivity contribution in [3.05, 3.63) is 24.0 Å². The van der Waals surface area contributed by atoms with E-state index in [1.165, 1.54) is 23.4 Å². The normalized spacial score (nSPS) is 11.0. The van der Waals surface area contributed by atoms with Gasteiger partial charge in [0.1, 0.15) is 11.3 Å². The number of rotatable bonds is 8. The van der Waals surface area contributed by atoms with Crippen LogP contribution in [0.15, 0.2) is 18.5 Å². The lowest BCUT2D eigenvalue weighted by molar-refractivity contribution is 0.0691. The number of thiol groups is 1. The summed E-state index contributed by atoms with van der Waals surface area (Å²) in [6, 6.07) is 1.97. The van der Waals surface area contributed by atoms with Gasteiger partial charge in [-0.1, -0.05) is 11.7 Å². The van der Waals surface area contributed by atoms with Crippen LogP contribution in [0.4, 0.5) is 0 Å². The highest BCUT2D eigenvalue weighted by molar-refractivity contribution is 8.67. The summed E-state index contributed by atoms with van der Waals surface area (Å²) in [6.07, 6.45) is 3.61. The molecule has 0 atom stereocenters. The smallest absolute Gasteiger partial charge is 0.341 e. The predicted molar refractivity (Wildman–Crippen MR) is 79.7 cm³/mol. The molecule has 0 aliphatic carbocycles. The first-order valence-electron chi connectivity index (χ1n) is 5.94. The van der Waals surface area contributed by atoms with Crippen LogP contribution in [0.5, 0.6) is 5.75 Å². The lowest BCUT2D eigenvalue weighted by Crippen LogP contribution is -2.24. The van der Waals surface area contributed by atoms with Gasteiger partial charge in [-0.05, 0) is 37.3 Å². The van der Waals surface area contributed by atoms with E-state index in [0.29, 0.717) is 18.4 Å². The SMILES string of the molecule is CC(C)N(CCCOc1ccncc1C(=O)O)SS. The summed E-state index contributed by atoms with van der Waals surface area (Å²) >= 11 is 4.19. The lowest BCUT2D eigenvalue weighted by atomic mass is 10.2. The van der Waals surface area contributed by atoms with Crippen LogP contribution in [0.1, 0.15) is 30.6 Å². The molecule has 0 unspecified atom stereocenters. The minimum absolute atomic E-state index is 0.0896. The highest BCUT2D eigenvalue weighted by Gasteiger charge is 2.11. The van der Waals surface area contributed by atoms with Gasteiger partial charge in [0.05, 0.1) is 6.61 Å². The Balaban J connectivity index is 2.43. The largest absolute Gasteiger partial charge is 0.493 e. The molecular formula is C12H18N2O3S2. The van der Waals surface area contributed by atoms with Gasteiger partial charge in [0, 0.05) is 25.0 Å². The maximum atomic E-state index is 11.0. The van der Waals surface area contributed by atoms with E-state index in [4.69, 9.17) is 9.84 Å². The molecule has 106 valence electrons. The number of nitrogens with zero attached hydrogens (tertiary/aromatic N) is 2. The quantitative estimate of drug-likeness (QED) is 0.333. The summed E-state index contributed by atoms with van der Waals surface area (Å²) in [5.41, 5.74) is 0.0896. The third-order valence-corrected chi connectivity index (χ3v) is 3.92. The van der Waals surface area contributed by atoms with Gasteiger partial charge in [0.15, 0.2) is 0 Å². The minimum atomic E-state index is -1.03. The van der Waals surface area contributed by atoms with Crippen molar-refractivity contribution in [2.45, 2.75) is 26.3 Å². The first-order chi connectivity index (χ1) is 9.06. The van der Waals surface area contributed by atoms with Gasteiger partial charge in [-0.25, -0.2) is 9.10 Å². The van der Waals surface area contributed by atoms with E-state index in [0.717, 1.165) is 13.0 Å². The fraction of sp³-hybridized carbons (Fsp3) is 0.500. The molecule has 0 aliphatic rings. The first kappa shape index (κ1) is 16.1. The van der Waals surface area contributed by atoms with Crippen molar-refractivity contribution in [1.82, 2.24) is 9.29 Å². The Bertz CT molecular complexity index is 416. The van der Waals surface area contributed by atoms with E-state index >= 15 is 0 Å². The molecule has 0 radical (unpaired) electrons. The summed E-state index contributed by atoms with van der Waals surface area (Å²) in [5.74, 6) is -0.671. The third kappa shape index (κ3) is 5.30. The average molecular weight is 302 g/mol. The molecule has 7 heteroatoms. The van der Waals surface area contributed by atoms with Gasteiger partial charge >= 0.3 is 5.97 Å². The van der Waals surface area contributed by atoms with Gasteiger partial charge in [0.2, 0.25) is 0 Å². The molecule has 1 aromatic heterocycles. The van der Waals surface area contributed by atoms with E-state index in [1.807, 2.05) is 0 Å².